The normalized spacial score (nSPS) is 24.9. The first-order chi connectivity index (χ1) is 9.00. The first-order valence-corrected chi connectivity index (χ1v) is 8.59. The number of nitrogens with one attached hydrogen (secondary N) is 1. The van der Waals surface area contributed by atoms with E-state index < -0.39 is 9.84 Å². The molecule has 1 saturated carbocycles. The van der Waals surface area contributed by atoms with E-state index in [0.29, 0.717) is 25.6 Å². The largest absolute Gasteiger partial charge is 0.468 e. The van der Waals surface area contributed by atoms with Gasteiger partial charge in [-0.2, -0.15) is 0 Å². The van der Waals surface area contributed by atoms with Crippen molar-refractivity contribution in [2.24, 2.45) is 0 Å². The number of nitrogens with zero attached hydrogens (tertiary/aromatic N) is 1. The number of ether oxygens (including phenoxy) is 1. The highest BCUT2D eigenvalue weighted by molar-refractivity contribution is 7.91. The summed E-state index contributed by atoms with van der Waals surface area (Å²) in [7, 11) is -1.43. The Balaban J connectivity index is 1.76. The molecule has 1 saturated heterocycles. The maximum Gasteiger partial charge on any atom is 0.322 e. The molecule has 0 spiro atoms. The number of methoxy groups -OCH3 is 1. The Hall–Kier alpha value is -0.660. The van der Waals surface area contributed by atoms with Crippen LogP contribution in [0.2, 0.25) is 0 Å². The Morgan fingerprint density at radius 2 is 2.00 bits per heavy atom. The lowest BCUT2D eigenvalue weighted by Crippen LogP contribution is -2.45. The Bertz CT molecular complexity index is 405. The van der Waals surface area contributed by atoms with Crippen LogP contribution in [0.1, 0.15) is 19.3 Å². The van der Waals surface area contributed by atoms with Crippen LogP contribution in [0.5, 0.6) is 0 Å². The van der Waals surface area contributed by atoms with E-state index >= 15 is 0 Å². The third-order valence-electron chi connectivity index (χ3n) is 3.67. The van der Waals surface area contributed by atoms with E-state index in [1.165, 1.54) is 7.11 Å². The van der Waals surface area contributed by atoms with Crippen molar-refractivity contribution in [1.29, 1.82) is 0 Å². The highest BCUT2D eigenvalue weighted by Crippen LogP contribution is 2.20. The van der Waals surface area contributed by atoms with Crippen LogP contribution in [0.3, 0.4) is 0 Å². The van der Waals surface area contributed by atoms with Crippen LogP contribution >= 0.6 is 0 Å². The topological polar surface area (TPSA) is 75.7 Å². The molecule has 1 aliphatic carbocycles. The maximum atomic E-state index is 11.7. The molecule has 110 valence electrons. The van der Waals surface area contributed by atoms with Gasteiger partial charge in [-0.15, -0.1) is 0 Å². The van der Waals surface area contributed by atoms with Crippen molar-refractivity contribution in [3.8, 4) is 0 Å². The van der Waals surface area contributed by atoms with Gasteiger partial charge < -0.3 is 15.0 Å². The molecule has 2 aliphatic rings. The molecule has 6 nitrogen and oxygen atoms in total. The van der Waals surface area contributed by atoms with Crippen molar-refractivity contribution in [3.05, 3.63) is 0 Å². The van der Waals surface area contributed by atoms with Crippen molar-refractivity contribution in [2.45, 2.75) is 31.3 Å². The molecule has 0 amide bonds. The van der Waals surface area contributed by atoms with Gasteiger partial charge in [0.25, 0.3) is 0 Å². The van der Waals surface area contributed by atoms with Crippen LogP contribution in [-0.2, 0) is 19.4 Å². The van der Waals surface area contributed by atoms with Crippen molar-refractivity contribution in [1.82, 2.24) is 10.2 Å². The fourth-order valence-electron chi connectivity index (χ4n) is 2.23. The highest BCUT2D eigenvalue weighted by Gasteiger charge is 2.30. The second-order valence-electron chi connectivity index (χ2n) is 5.30. The molecule has 19 heavy (non-hydrogen) atoms. The molecule has 1 N–H and O–H groups in total. The molecule has 0 bridgehead atoms. The monoisotopic (exact) mass is 290 g/mol. The van der Waals surface area contributed by atoms with Crippen LogP contribution in [0.4, 0.5) is 0 Å². The second-order valence-corrected chi connectivity index (χ2v) is 7.60. The van der Waals surface area contributed by atoms with Crippen LogP contribution in [-0.4, -0.2) is 69.6 Å². The number of esters is 1. The second kappa shape index (κ2) is 6.19. The molecular formula is C12H22N2O4S. The summed E-state index contributed by atoms with van der Waals surface area (Å²) in [6.45, 7) is 1.87. The van der Waals surface area contributed by atoms with Gasteiger partial charge >= 0.3 is 5.97 Å². The van der Waals surface area contributed by atoms with Crippen molar-refractivity contribution < 1.29 is 17.9 Å². The van der Waals surface area contributed by atoms with Crippen LogP contribution in [0.25, 0.3) is 0 Å². The minimum atomic E-state index is -2.83. The van der Waals surface area contributed by atoms with E-state index in [2.05, 4.69) is 10.2 Å². The summed E-state index contributed by atoms with van der Waals surface area (Å²) in [5, 5.41) is 3.28. The molecule has 0 aromatic carbocycles. The quantitative estimate of drug-likeness (QED) is 0.658. The van der Waals surface area contributed by atoms with Gasteiger partial charge in [0.15, 0.2) is 9.84 Å². The molecule has 1 atom stereocenters. The lowest BCUT2D eigenvalue weighted by Gasteiger charge is -2.27. The number of hydrogen-bond acceptors (Lipinski definition) is 6. The van der Waals surface area contributed by atoms with Gasteiger partial charge in [-0.3, -0.25) is 4.79 Å². The average Bonchev–Trinajstić information content (AvgIpc) is 3.19. The summed E-state index contributed by atoms with van der Waals surface area (Å²) >= 11 is 0. The predicted octanol–water partition coefficient (Wildman–Crippen LogP) is -0.599. The van der Waals surface area contributed by atoms with Crippen molar-refractivity contribution >= 4 is 15.8 Å². The molecule has 1 heterocycles. The molecular weight excluding hydrogens is 268 g/mol. The number of carbonyl (C=O) groups is 1. The molecule has 7 heteroatoms. The van der Waals surface area contributed by atoms with Gasteiger partial charge in [-0.25, -0.2) is 8.42 Å². The summed E-state index contributed by atoms with van der Waals surface area (Å²) < 4.78 is 27.5. The lowest BCUT2D eigenvalue weighted by atomic mass is 10.2. The molecule has 2 rings (SSSR count). The van der Waals surface area contributed by atoms with Gasteiger partial charge in [-0.1, -0.05) is 0 Å². The van der Waals surface area contributed by atoms with Gasteiger partial charge in [0.1, 0.15) is 6.04 Å². The van der Waals surface area contributed by atoms with E-state index in [-0.39, 0.29) is 23.5 Å². The highest BCUT2D eigenvalue weighted by atomic mass is 32.2. The summed E-state index contributed by atoms with van der Waals surface area (Å²) in [5.74, 6) is 0.231. The van der Waals surface area contributed by atoms with Crippen LogP contribution in [0, 0.1) is 0 Å². The van der Waals surface area contributed by atoms with E-state index in [0.717, 1.165) is 19.4 Å². The number of carbonyl (C=O) groups excluding carboxylic acids is 1. The number of hydrogen-bond donors (Lipinski definition) is 1. The SMILES string of the molecule is COC(=O)C(CCN1CCS(=O)(=O)CC1)NC1CC1. The maximum absolute atomic E-state index is 11.7. The fraction of sp³-hybridized carbons (Fsp3) is 0.917. The number of rotatable bonds is 6. The van der Waals surface area contributed by atoms with Gasteiger partial charge in [0.2, 0.25) is 0 Å². The molecule has 1 unspecified atom stereocenters. The lowest BCUT2D eigenvalue weighted by molar-refractivity contribution is -0.143. The molecule has 0 aromatic heterocycles. The molecule has 0 radical (unpaired) electrons. The van der Waals surface area contributed by atoms with E-state index in [9.17, 15) is 13.2 Å². The summed E-state index contributed by atoms with van der Waals surface area (Å²) in [6.07, 6.45) is 2.91. The van der Waals surface area contributed by atoms with Crippen LogP contribution < -0.4 is 5.32 Å². The Labute approximate surface area is 114 Å². The van der Waals surface area contributed by atoms with Crippen molar-refractivity contribution in [2.75, 3.05) is 38.2 Å². The first kappa shape index (κ1) is 14.7. The smallest absolute Gasteiger partial charge is 0.322 e. The van der Waals surface area contributed by atoms with E-state index in [1.807, 2.05) is 0 Å². The van der Waals surface area contributed by atoms with Gasteiger partial charge in [0.05, 0.1) is 18.6 Å². The van der Waals surface area contributed by atoms with Crippen molar-refractivity contribution in [3.63, 3.8) is 0 Å². The Morgan fingerprint density at radius 1 is 1.37 bits per heavy atom. The zero-order chi connectivity index (χ0) is 13.9. The van der Waals surface area contributed by atoms with E-state index in [1.54, 1.807) is 0 Å². The predicted molar refractivity (Wildman–Crippen MR) is 71.7 cm³/mol. The zero-order valence-electron chi connectivity index (χ0n) is 11.3. The van der Waals surface area contributed by atoms with E-state index in [4.69, 9.17) is 4.74 Å². The molecule has 0 aromatic rings. The van der Waals surface area contributed by atoms with Gasteiger partial charge in [0, 0.05) is 25.7 Å². The fourth-order valence-corrected chi connectivity index (χ4v) is 3.51. The minimum absolute atomic E-state index is 0.225. The first-order valence-electron chi connectivity index (χ1n) is 6.77. The summed E-state index contributed by atoms with van der Waals surface area (Å²) in [5.41, 5.74) is 0. The molecule has 2 fully saturated rings. The summed E-state index contributed by atoms with van der Waals surface area (Å²) in [6, 6.07) is 0.182. The third kappa shape index (κ3) is 4.74. The van der Waals surface area contributed by atoms with Gasteiger partial charge in [-0.05, 0) is 19.3 Å². The minimum Gasteiger partial charge on any atom is -0.468 e. The average molecular weight is 290 g/mol. The number of sulfone groups is 1. The Morgan fingerprint density at radius 3 is 2.53 bits per heavy atom. The Kier molecular flexibility index (Phi) is 4.81. The summed E-state index contributed by atoms with van der Waals surface area (Å²) in [4.78, 5) is 13.8. The third-order valence-corrected chi connectivity index (χ3v) is 5.28. The zero-order valence-corrected chi connectivity index (χ0v) is 12.1. The van der Waals surface area contributed by atoms with Crippen LogP contribution in [0.15, 0.2) is 0 Å². The molecule has 1 aliphatic heterocycles. The standard InChI is InChI=1S/C12H22N2O4S/c1-18-12(15)11(13-10-2-3-10)4-5-14-6-8-19(16,17)9-7-14/h10-11,13H,2-9H2,1H3.